The summed E-state index contributed by atoms with van der Waals surface area (Å²) in [5.41, 5.74) is 1.33. The summed E-state index contributed by atoms with van der Waals surface area (Å²) in [7, 11) is 3.14. The molecule has 1 aromatic heterocycles. The third kappa shape index (κ3) is 2.24. The number of nitrogens with zero attached hydrogens (tertiary/aromatic N) is 2. The molecule has 0 aliphatic carbocycles. The number of hydrogen-bond acceptors (Lipinski definition) is 4. The van der Waals surface area contributed by atoms with Gasteiger partial charge >= 0.3 is 5.97 Å². The van der Waals surface area contributed by atoms with E-state index in [4.69, 9.17) is 0 Å². The van der Waals surface area contributed by atoms with Gasteiger partial charge in [-0.25, -0.2) is 4.79 Å². The zero-order valence-electron chi connectivity index (χ0n) is 7.65. The number of aromatic nitrogens is 2. The van der Waals surface area contributed by atoms with Crippen molar-refractivity contribution in [3.8, 4) is 0 Å². The SMILES string of the molecule is COC(=O)c1cc(CCS)n(C)n1. The van der Waals surface area contributed by atoms with Crippen LogP contribution in [-0.2, 0) is 18.2 Å². The van der Waals surface area contributed by atoms with Crippen LogP contribution in [0.15, 0.2) is 6.07 Å². The van der Waals surface area contributed by atoms with Crippen LogP contribution in [0.25, 0.3) is 0 Å². The molecule has 1 rings (SSSR count). The van der Waals surface area contributed by atoms with Gasteiger partial charge < -0.3 is 4.74 Å². The van der Waals surface area contributed by atoms with Crippen molar-refractivity contribution in [2.45, 2.75) is 6.42 Å². The van der Waals surface area contributed by atoms with E-state index in [0.717, 1.165) is 17.9 Å². The minimum absolute atomic E-state index is 0.349. The number of aryl methyl sites for hydroxylation is 2. The average Bonchev–Trinajstić information content (AvgIpc) is 2.47. The third-order valence-corrected chi connectivity index (χ3v) is 1.96. The smallest absolute Gasteiger partial charge is 0.358 e. The molecule has 0 saturated heterocycles. The zero-order chi connectivity index (χ0) is 9.84. The monoisotopic (exact) mass is 200 g/mol. The maximum Gasteiger partial charge on any atom is 0.358 e. The molecule has 0 fully saturated rings. The van der Waals surface area contributed by atoms with Gasteiger partial charge in [-0.2, -0.15) is 17.7 Å². The number of hydrogen-bond donors (Lipinski definition) is 1. The molecule has 0 saturated carbocycles. The van der Waals surface area contributed by atoms with Crippen LogP contribution in [0.5, 0.6) is 0 Å². The van der Waals surface area contributed by atoms with Gasteiger partial charge in [0.05, 0.1) is 7.11 Å². The summed E-state index contributed by atoms with van der Waals surface area (Å²) in [5.74, 6) is 0.334. The molecule has 0 bridgehead atoms. The van der Waals surface area contributed by atoms with Gasteiger partial charge in [0.2, 0.25) is 0 Å². The molecule has 72 valence electrons. The second-order valence-electron chi connectivity index (χ2n) is 2.61. The Morgan fingerprint density at radius 1 is 1.77 bits per heavy atom. The number of esters is 1. The number of thiol groups is 1. The van der Waals surface area contributed by atoms with Crippen LogP contribution in [0.2, 0.25) is 0 Å². The number of ether oxygens (including phenoxy) is 1. The standard InChI is InChI=1S/C8H12N2O2S/c1-10-6(3-4-13)5-7(9-10)8(11)12-2/h5,13H,3-4H2,1-2H3. The number of carbonyl (C=O) groups is 1. The van der Waals surface area contributed by atoms with Crippen molar-refractivity contribution in [1.29, 1.82) is 0 Å². The van der Waals surface area contributed by atoms with Gasteiger partial charge in [0, 0.05) is 12.7 Å². The van der Waals surface area contributed by atoms with Gasteiger partial charge in [0.1, 0.15) is 0 Å². The lowest BCUT2D eigenvalue weighted by molar-refractivity contribution is 0.0593. The van der Waals surface area contributed by atoms with Crippen LogP contribution in [0.3, 0.4) is 0 Å². The Bertz CT molecular complexity index is 309. The lowest BCUT2D eigenvalue weighted by Gasteiger charge is -1.95. The van der Waals surface area contributed by atoms with Crippen LogP contribution < -0.4 is 0 Å². The first-order chi connectivity index (χ1) is 6.19. The van der Waals surface area contributed by atoms with Gasteiger partial charge in [-0.3, -0.25) is 4.68 Å². The summed E-state index contributed by atoms with van der Waals surface area (Å²) >= 11 is 4.11. The highest BCUT2D eigenvalue weighted by atomic mass is 32.1. The number of methoxy groups -OCH3 is 1. The topological polar surface area (TPSA) is 44.1 Å². The van der Waals surface area contributed by atoms with Crippen LogP contribution in [-0.4, -0.2) is 28.6 Å². The summed E-state index contributed by atoms with van der Waals surface area (Å²) in [6, 6.07) is 1.72. The molecular formula is C8H12N2O2S. The average molecular weight is 200 g/mol. The van der Waals surface area contributed by atoms with E-state index in [1.807, 2.05) is 0 Å². The molecule has 0 radical (unpaired) electrons. The molecule has 4 nitrogen and oxygen atoms in total. The molecule has 0 N–H and O–H groups in total. The molecule has 0 unspecified atom stereocenters. The van der Waals surface area contributed by atoms with Crippen molar-refractivity contribution in [1.82, 2.24) is 9.78 Å². The summed E-state index contributed by atoms with van der Waals surface area (Å²) in [6.45, 7) is 0. The fourth-order valence-corrected chi connectivity index (χ4v) is 1.29. The highest BCUT2D eigenvalue weighted by molar-refractivity contribution is 7.80. The van der Waals surface area contributed by atoms with Gasteiger partial charge in [-0.05, 0) is 18.2 Å². The Morgan fingerprint density at radius 3 is 3.00 bits per heavy atom. The van der Waals surface area contributed by atoms with Crippen LogP contribution >= 0.6 is 12.6 Å². The molecule has 0 aromatic carbocycles. The molecule has 0 amide bonds. The predicted molar refractivity (Wildman–Crippen MR) is 52.1 cm³/mol. The van der Waals surface area contributed by atoms with Crippen molar-refractivity contribution < 1.29 is 9.53 Å². The first-order valence-electron chi connectivity index (χ1n) is 3.91. The minimum Gasteiger partial charge on any atom is -0.464 e. The Hall–Kier alpha value is -0.970. The summed E-state index contributed by atoms with van der Waals surface area (Å²) in [4.78, 5) is 11.1. The molecule has 1 heterocycles. The normalized spacial score (nSPS) is 10.1. The molecule has 0 atom stereocenters. The van der Waals surface area contributed by atoms with E-state index < -0.39 is 5.97 Å². The fraction of sp³-hybridized carbons (Fsp3) is 0.500. The fourth-order valence-electron chi connectivity index (χ4n) is 1.06. The summed E-state index contributed by atoms with van der Waals surface area (Å²) in [5, 5.41) is 4.01. The van der Waals surface area contributed by atoms with Gasteiger partial charge in [0.25, 0.3) is 0 Å². The summed E-state index contributed by atoms with van der Waals surface area (Å²) < 4.78 is 6.22. The van der Waals surface area contributed by atoms with E-state index in [0.29, 0.717) is 5.69 Å². The van der Waals surface area contributed by atoms with Crippen molar-refractivity contribution in [2.75, 3.05) is 12.9 Å². The van der Waals surface area contributed by atoms with Crippen LogP contribution in [0.1, 0.15) is 16.2 Å². The maximum atomic E-state index is 11.1. The van der Waals surface area contributed by atoms with Crippen molar-refractivity contribution >= 4 is 18.6 Å². The highest BCUT2D eigenvalue weighted by Gasteiger charge is 2.11. The van der Waals surface area contributed by atoms with Crippen molar-refractivity contribution in [2.24, 2.45) is 7.05 Å². The molecule has 0 aliphatic heterocycles. The Balaban J connectivity index is 2.88. The number of rotatable bonds is 3. The molecule has 5 heteroatoms. The number of carbonyl (C=O) groups excluding carboxylic acids is 1. The second-order valence-corrected chi connectivity index (χ2v) is 3.06. The van der Waals surface area contributed by atoms with Gasteiger partial charge in [-0.15, -0.1) is 0 Å². The lowest BCUT2D eigenvalue weighted by atomic mass is 10.3. The molecule has 1 aromatic rings. The Morgan fingerprint density at radius 2 is 2.46 bits per heavy atom. The van der Waals surface area contributed by atoms with Crippen molar-refractivity contribution in [3.63, 3.8) is 0 Å². The second kappa shape index (κ2) is 4.32. The third-order valence-electron chi connectivity index (χ3n) is 1.74. The largest absolute Gasteiger partial charge is 0.464 e. The Labute approximate surface area is 82.3 Å². The molecule has 0 aliphatic rings. The van der Waals surface area contributed by atoms with E-state index in [-0.39, 0.29) is 0 Å². The predicted octanol–water partition coefficient (Wildman–Crippen LogP) is 0.679. The maximum absolute atomic E-state index is 11.1. The van der Waals surface area contributed by atoms with Gasteiger partial charge in [-0.1, -0.05) is 0 Å². The van der Waals surface area contributed by atoms with E-state index in [1.165, 1.54) is 7.11 Å². The summed E-state index contributed by atoms with van der Waals surface area (Å²) in [6.07, 6.45) is 0.795. The molecule has 0 spiro atoms. The first kappa shape index (κ1) is 10.1. The highest BCUT2D eigenvalue weighted by Crippen LogP contribution is 2.05. The van der Waals surface area contributed by atoms with E-state index in [9.17, 15) is 4.79 Å². The van der Waals surface area contributed by atoms with E-state index in [2.05, 4.69) is 22.5 Å². The van der Waals surface area contributed by atoms with E-state index in [1.54, 1.807) is 17.8 Å². The van der Waals surface area contributed by atoms with Crippen LogP contribution in [0.4, 0.5) is 0 Å². The van der Waals surface area contributed by atoms with E-state index >= 15 is 0 Å². The zero-order valence-corrected chi connectivity index (χ0v) is 8.54. The van der Waals surface area contributed by atoms with Crippen molar-refractivity contribution in [3.05, 3.63) is 17.5 Å². The lowest BCUT2D eigenvalue weighted by Crippen LogP contribution is -2.03. The minimum atomic E-state index is -0.402. The molecule has 13 heavy (non-hydrogen) atoms. The van der Waals surface area contributed by atoms with Gasteiger partial charge in [0.15, 0.2) is 5.69 Å². The molecular weight excluding hydrogens is 188 g/mol. The van der Waals surface area contributed by atoms with Crippen LogP contribution in [0, 0.1) is 0 Å². The first-order valence-corrected chi connectivity index (χ1v) is 4.54. The quantitative estimate of drug-likeness (QED) is 0.576. The Kier molecular flexibility index (Phi) is 3.36.